The number of carbonyl (C=O) groups is 1. The number of nitrogens with zero attached hydrogens (tertiary/aromatic N) is 1. The number of sulfonamides is 1. The third-order valence-electron chi connectivity index (χ3n) is 4.35. The van der Waals surface area contributed by atoms with Crippen molar-refractivity contribution < 1.29 is 17.9 Å². The number of aryl methyl sites for hydroxylation is 1. The number of halogens is 1. The van der Waals surface area contributed by atoms with Gasteiger partial charge in [0.25, 0.3) is 15.9 Å². The molecular formula is C17H16BrN3O4S. The molecule has 7 nitrogen and oxygen atoms in total. The number of amides is 1. The minimum Gasteiger partial charge on any atom is -0.492 e. The molecule has 0 aliphatic carbocycles. The van der Waals surface area contributed by atoms with Crippen molar-refractivity contribution in [1.29, 1.82) is 0 Å². The smallest absolute Gasteiger partial charge is 0.265 e. The Labute approximate surface area is 159 Å². The van der Waals surface area contributed by atoms with Crippen LogP contribution in [0.25, 0.3) is 0 Å². The normalized spacial score (nSPS) is 16.1. The first kappa shape index (κ1) is 17.3. The quantitative estimate of drug-likeness (QED) is 0.767. The Kier molecular flexibility index (Phi) is 4.36. The number of hydrogen-bond donors (Lipinski definition) is 2. The molecule has 26 heavy (non-hydrogen) atoms. The number of hydrogen-bond acceptors (Lipinski definition) is 5. The van der Waals surface area contributed by atoms with Gasteiger partial charge in [0.05, 0.1) is 29.7 Å². The molecule has 3 heterocycles. The molecule has 2 aliphatic rings. The van der Waals surface area contributed by atoms with Crippen LogP contribution in [0.5, 0.6) is 5.75 Å². The summed E-state index contributed by atoms with van der Waals surface area (Å²) in [6.07, 6.45) is 3.58. The molecule has 136 valence electrons. The average Bonchev–Trinajstić information content (AvgIpc) is 2.98. The number of benzene rings is 1. The van der Waals surface area contributed by atoms with Crippen LogP contribution in [0.2, 0.25) is 0 Å². The Morgan fingerprint density at radius 3 is 2.92 bits per heavy atom. The summed E-state index contributed by atoms with van der Waals surface area (Å²) in [5.41, 5.74) is 2.17. The van der Waals surface area contributed by atoms with Gasteiger partial charge in [-0.15, -0.1) is 0 Å². The van der Waals surface area contributed by atoms with E-state index in [1.807, 2.05) is 6.07 Å². The van der Waals surface area contributed by atoms with Gasteiger partial charge in [-0.3, -0.25) is 14.5 Å². The minimum atomic E-state index is -3.89. The van der Waals surface area contributed by atoms with Crippen molar-refractivity contribution in [3.63, 3.8) is 0 Å². The maximum absolute atomic E-state index is 12.9. The predicted octanol–water partition coefficient (Wildman–Crippen LogP) is 2.26. The zero-order chi connectivity index (χ0) is 18.3. The summed E-state index contributed by atoms with van der Waals surface area (Å²) in [7, 11) is -3.89. The summed E-state index contributed by atoms with van der Waals surface area (Å²) >= 11 is 3.35. The van der Waals surface area contributed by atoms with E-state index in [9.17, 15) is 13.2 Å². The van der Waals surface area contributed by atoms with Crippen molar-refractivity contribution >= 4 is 37.5 Å². The van der Waals surface area contributed by atoms with Gasteiger partial charge in [-0.2, -0.15) is 0 Å². The average molecular weight is 438 g/mol. The molecule has 0 atom stereocenters. The predicted molar refractivity (Wildman–Crippen MR) is 99.0 cm³/mol. The Balaban J connectivity index is 1.71. The van der Waals surface area contributed by atoms with E-state index in [1.165, 1.54) is 18.3 Å². The summed E-state index contributed by atoms with van der Waals surface area (Å²) < 4.78 is 34.5. The second kappa shape index (κ2) is 6.55. The van der Waals surface area contributed by atoms with E-state index in [0.717, 1.165) is 12.0 Å². The third-order valence-corrected chi connectivity index (χ3v) is 6.19. The number of fused-ring (bicyclic) bond motifs is 2. The number of pyridine rings is 1. The van der Waals surface area contributed by atoms with Gasteiger partial charge in [-0.05, 0) is 31.0 Å². The molecule has 0 spiro atoms. The van der Waals surface area contributed by atoms with E-state index < -0.39 is 10.0 Å². The van der Waals surface area contributed by atoms with E-state index in [2.05, 4.69) is 31.0 Å². The number of carbonyl (C=O) groups excluding carboxylic acids is 1. The summed E-state index contributed by atoms with van der Waals surface area (Å²) in [6.45, 7) is 1.03. The fraction of sp³-hybridized carbons (Fsp3) is 0.294. The van der Waals surface area contributed by atoms with Gasteiger partial charge in [-0.1, -0.05) is 15.9 Å². The van der Waals surface area contributed by atoms with Crippen molar-refractivity contribution in [1.82, 2.24) is 10.3 Å². The first-order chi connectivity index (χ1) is 12.4. The summed E-state index contributed by atoms with van der Waals surface area (Å²) in [6, 6.07) is 4.89. The lowest BCUT2D eigenvalue weighted by molar-refractivity contribution is 0.0956. The molecular weight excluding hydrogens is 422 g/mol. The summed E-state index contributed by atoms with van der Waals surface area (Å²) in [5.74, 6) is 0.138. The summed E-state index contributed by atoms with van der Waals surface area (Å²) in [4.78, 5) is 16.5. The van der Waals surface area contributed by atoms with Gasteiger partial charge in [0.2, 0.25) is 0 Å². The highest BCUT2D eigenvalue weighted by Gasteiger charge is 2.27. The number of anilines is 1. The van der Waals surface area contributed by atoms with Crippen LogP contribution in [-0.4, -0.2) is 32.5 Å². The Hall–Kier alpha value is -2.13. The maximum atomic E-state index is 12.9. The lowest BCUT2D eigenvalue weighted by Gasteiger charge is -2.13. The van der Waals surface area contributed by atoms with E-state index in [1.54, 1.807) is 0 Å². The van der Waals surface area contributed by atoms with Crippen LogP contribution in [0.3, 0.4) is 0 Å². The monoisotopic (exact) mass is 437 g/mol. The lowest BCUT2D eigenvalue weighted by Crippen LogP contribution is -2.23. The van der Waals surface area contributed by atoms with Gasteiger partial charge < -0.3 is 10.1 Å². The van der Waals surface area contributed by atoms with Crippen molar-refractivity contribution in [3.8, 4) is 5.75 Å². The lowest BCUT2D eigenvalue weighted by atomic mass is 10.1. The van der Waals surface area contributed by atoms with Crippen molar-refractivity contribution in [3.05, 3.63) is 45.7 Å². The Morgan fingerprint density at radius 1 is 1.23 bits per heavy atom. The summed E-state index contributed by atoms with van der Waals surface area (Å²) in [5, 5.41) is 2.78. The second-order valence-corrected chi connectivity index (χ2v) is 8.74. The van der Waals surface area contributed by atoms with Crippen molar-refractivity contribution in [2.75, 3.05) is 17.9 Å². The molecule has 2 aliphatic heterocycles. The largest absolute Gasteiger partial charge is 0.492 e. The van der Waals surface area contributed by atoms with Gasteiger partial charge in [0.1, 0.15) is 10.6 Å². The van der Waals surface area contributed by atoms with Gasteiger partial charge in [-0.25, -0.2) is 8.42 Å². The minimum absolute atomic E-state index is 0.0683. The van der Waals surface area contributed by atoms with E-state index in [0.29, 0.717) is 47.5 Å². The van der Waals surface area contributed by atoms with Crippen LogP contribution in [0.1, 0.15) is 28.0 Å². The molecule has 0 saturated carbocycles. The van der Waals surface area contributed by atoms with Crippen LogP contribution in [-0.2, 0) is 22.9 Å². The molecule has 0 saturated heterocycles. The highest BCUT2D eigenvalue weighted by molar-refractivity contribution is 9.10. The fourth-order valence-electron chi connectivity index (χ4n) is 3.14. The number of rotatable bonds is 3. The zero-order valence-corrected chi connectivity index (χ0v) is 16.1. The number of ether oxygens (including phenoxy) is 1. The van der Waals surface area contributed by atoms with Crippen LogP contribution in [0.15, 0.2) is 33.8 Å². The molecule has 9 heteroatoms. The molecule has 1 aromatic carbocycles. The number of nitrogens with one attached hydrogen (secondary N) is 2. The highest BCUT2D eigenvalue weighted by Crippen LogP contribution is 2.36. The van der Waals surface area contributed by atoms with Crippen LogP contribution in [0.4, 0.5) is 5.69 Å². The van der Waals surface area contributed by atoms with E-state index >= 15 is 0 Å². The molecule has 1 amide bonds. The Bertz CT molecular complexity index is 1010. The van der Waals surface area contributed by atoms with Gasteiger partial charge in [0, 0.05) is 23.0 Å². The molecule has 0 radical (unpaired) electrons. The fourth-order valence-corrected chi connectivity index (χ4v) is 5.05. The second-order valence-electron chi connectivity index (χ2n) is 6.17. The first-order valence-electron chi connectivity index (χ1n) is 8.19. The SMILES string of the molecule is O=C1NCCCc2ncc(NS(=O)(=O)c3cc(Br)cc4c3OCC4)cc21. The zero-order valence-electron chi connectivity index (χ0n) is 13.7. The van der Waals surface area contributed by atoms with Crippen molar-refractivity contribution in [2.24, 2.45) is 0 Å². The number of aromatic nitrogens is 1. The van der Waals surface area contributed by atoms with E-state index in [-0.39, 0.29) is 16.5 Å². The standard InChI is InChI=1S/C17H16BrN3O4S/c18-11-6-10-3-5-25-16(10)15(7-11)26(23,24)21-12-8-13-14(20-9-12)2-1-4-19-17(13)22/h6-9,21H,1-5H2,(H,19,22). The molecule has 0 bridgehead atoms. The maximum Gasteiger partial charge on any atom is 0.265 e. The van der Waals surface area contributed by atoms with E-state index in [4.69, 9.17) is 4.74 Å². The molecule has 1 aromatic heterocycles. The van der Waals surface area contributed by atoms with Crippen LogP contribution in [0, 0.1) is 0 Å². The first-order valence-corrected chi connectivity index (χ1v) is 10.5. The molecule has 0 unspecified atom stereocenters. The Morgan fingerprint density at radius 2 is 2.08 bits per heavy atom. The third kappa shape index (κ3) is 3.16. The highest BCUT2D eigenvalue weighted by atomic mass is 79.9. The molecule has 2 N–H and O–H groups in total. The van der Waals surface area contributed by atoms with Crippen LogP contribution < -0.4 is 14.8 Å². The topological polar surface area (TPSA) is 97.4 Å². The van der Waals surface area contributed by atoms with Gasteiger partial charge in [0.15, 0.2) is 0 Å². The van der Waals surface area contributed by atoms with Crippen LogP contribution >= 0.6 is 15.9 Å². The molecule has 0 fully saturated rings. The van der Waals surface area contributed by atoms with Crippen molar-refractivity contribution in [2.45, 2.75) is 24.2 Å². The molecule has 2 aromatic rings. The molecule has 4 rings (SSSR count). The van der Waals surface area contributed by atoms with Gasteiger partial charge >= 0.3 is 0 Å².